The number of fused-ring (bicyclic) bond motifs is 1. The summed E-state index contributed by atoms with van der Waals surface area (Å²) in [5.74, 6) is -1.13. The van der Waals surface area contributed by atoms with Crippen LogP contribution in [-0.4, -0.2) is 20.6 Å². The Morgan fingerprint density at radius 3 is 2.34 bits per heavy atom. The van der Waals surface area contributed by atoms with Crippen LogP contribution in [0.5, 0.6) is 0 Å². The lowest BCUT2D eigenvalue weighted by atomic mass is 10.1. The first-order chi connectivity index (χ1) is 14.0. The molecule has 5 nitrogen and oxygen atoms in total. The van der Waals surface area contributed by atoms with E-state index in [1.54, 1.807) is 66.7 Å². The SMILES string of the molecule is O=C(O)c1ccc(-n2c(C=Cc3ccccc3F)nc3ccccc3c2=O)cc1. The number of carboxylic acid groups (broad SMARTS) is 1. The normalized spacial score (nSPS) is 11.2. The van der Waals surface area contributed by atoms with Crippen molar-refractivity contribution in [1.82, 2.24) is 9.55 Å². The van der Waals surface area contributed by atoms with Gasteiger partial charge in [-0.2, -0.15) is 0 Å². The van der Waals surface area contributed by atoms with Gasteiger partial charge in [0.05, 0.1) is 22.2 Å². The van der Waals surface area contributed by atoms with Crippen LogP contribution < -0.4 is 5.56 Å². The van der Waals surface area contributed by atoms with E-state index >= 15 is 0 Å². The lowest BCUT2D eigenvalue weighted by Crippen LogP contribution is -2.22. The van der Waals surface area contributed by atoms with E-state index in [1.165, 1.54) is 22.8 Å². The molecule has 142 valence electrons. The number of nitrogens with zero attached hydrogens (tertiary/aromatic N) is 2. The van der Waals surface area contributed by atoms with E-state index < -0.39 is 5.97 Å². The molecule has 0 aliphatic carbocycles. The van der Waals surface area contributed by atoms with Crippen LogP contribution >= 0.6 is 0 Å². The molecule has 0 fully saturated rings. The molecular formula is C23H15FN2O3. The zero-order chi connectivity index (χ0) is 20.4. The molecule has 0 unspecified atom stereocenters. The monoisotopic (exact) mass is 386 g/mol. The van der Waals surface area contributed by atoms with Crippen molar-refractivity contribution < 1.29 is 14.3 Å². The largest absolute Gasteiger partial charge is 0.478 e. The third-order valence-electron chi connectivity index (χ3n) is 4.49. The first-order valence-electron chi connectivity index (χ1n) is 8.83. The van der Waals surface area contributed by atoms with E-state index in [4.69, 9.17) is 5.11 Å². The maximum Gasteiger partial charge on any atom is 0.335 e. The predicted molar refractivity (Wildman–Crippen MR) is 110 cm³/mol. The molecule has 0 aliphatic heterocycles. The van der Waals surface area contributed by atoms with E-state index in [-0.39, 0.29) is 16.9 Å². The summed E-state index contributed by atoms with van der Waals surface area (Å²) >= 11 is 0. The van der Waals surface area contributed by atoms with Gasteiger partial charge in [-0.1, -0.05) is 30.3 Å². The molecule has 0 bridgehead atoms. The van der Waals surface area contributed by atoms with Crippen LogP contribution in [0.2, 0.25) is 0 Å². The molecule has 0 saturated heterocycles. The summed E-state index contributed by atoms with van der Waals surface area (Å²) < 4.78 is 15.4. The Hall–Kier alpha value is -4.06. The van der Waals surface area contributed by atoms with Crippen molar-refractivity contribution in [2.75, 3.05) is 0 Å². The minimum absolute atomic E-state index is 0.110. The van der Waals surface area contributed by atoms with Crippen molar-refractivity contribution in [2.45, 2.75) is 0 Å². The Balaban J connectivity index is 1.92. The summed E-state index contributed by atoms with van der Waals surface area (Å²) in [5, 5.41) is 9.53. The molecule has 4 rings (SSSR count). The molecule has 6 heteroatoms. The quantitative estimate of drug-likeness (QED) is 0.565. The highest BCUT2D eigenvalue weighted by atomic mass is 19.1. The number of halogens is 1. The van der Waals surface area contributed by atoms with Gasteiger partial charge in [0.15, 0.2) is 0 Å². The molecule has 4 aromatic rings. The first-order valence-corrected chi connectivity index (χ1v) is 8.83. The minimum atomic E-state index is -1.06. The van der Waals surface area contributed by atoms with E-state index in [1.807, 2.05) is 0 Å². The Kier molecular flexibility index (Phi) is 4.75. The highest BCUT2D eigenvalue weighted by Crippen LogP contribution is 2.17. The lowest BCUT2D eigenvalue weighted by molar-refractivity contribution is 0.0697. The molecule has 0 radical (unpaired) electrons. The summed E-state index contributed by atoms with van der Waals surface area (Å²) in [4.78, 5) is 28.8. The fourth-order valence-electron chi connectivity index (χ4n) is 3.04. The summed E-state index contributed by atoms with van der Waals surface area (Å²) in [6.45, 7) is 0. The second-order valence-corrected chi connectivity index (χ2v) is 6.33. The third kappa shape index (κ3) is 3.55. The van der Waals surface area contributed by atoms with Crippen molar-refractivity contribution in [2.24, 2.45) is 0 Å². The van der Waals surface area contributed by atoms with Gasteiger partial charge in [-0.05, 0) is 54.6 Å². The molecule has 1 heterocycles. The van der Waals surface area contributed by atoms with Crippen molar-refractivity contribution in [1.29, 1.82) is 0 Å². The van der Waals surface area contributed by atoms with E-state index in [9.17, 15) is 14.0 Å². The second-order valence-electron chi connectivity index (χ2n) is 6.33. The van der Waals surface area contributed by atoms with Gasteiger partial charge in [0.25, 0.3) is 5.56 Å². The average molecular weight is 386 g/mol. The van der Waals surface area contributed by atoms with Crippen LogP contribution in [0.25, 0.3) is 28.7 Å². The standard InChI is InChI=1S/C23H15FN2O3/c24-19-7-3-1-5-15(19)11-14-21-25-20-8-4-2-6-18(20)22(27)26(21)17-12-9-16(10-13-17)23(28)29/h1-14H,(H,28,29). The van der Waals surface area contributed by atoms with Gasteiger partial charge < -0.3 is 5.11 Å². The third-order valence-corrected chi connectivity index (χ3v) is 4.49. The first kappa shape index (κ1) is 18.3. The van der Waals surface area contributed by atoms with Crippen LogP contribution in [0.3, 0.4) is 0 Å². The highest BCUT2D eigenvalue weighted by molar-refractivity contribution is 5.88. The van der Waals surface area contributed by atoms with Gasteiger partial charge in [0, 0.05) is 5.56 Å². The van der Waals surface area contributed by atoms with Crippen LogP contribution in [0.1, 0.15) is 21.7 Å². The number of aromatic nitrogens is 2. The van der Waals surface area contributed by atoms with E-state index in [2.05, 4.69) is 4.98 Å². The van der Waals surface area contributed by atoms with Crippen LogP contribution in [-0.2, 0) is 0 Å². The summed E-state index contributed by atoms with van der Waals surface area (Å²) in [5.41, 5.74) is 1.16. The number of rotatable bonds is 4. The maximum absolute atomic E-state index is 14.0. The number of para-hydroxylation sites is 1. The number of carbonyl (C=O) groups is 1. The number of carboxylic acids is 1. The zero-order valence-corrected chi connectivity index (χ0v) is 15.1. The second kappa shape index (κ2) is 7.52. The molecule has 1 aromatic heterocycles. The van der Waals surface area contributed by atoms with Crippen molar-refractivity contribution in [3.05, 3.63) is 106 Å². The van der Waals surface area contributed by atoms with Gasteiger partial charge in [-0.25, -0.2) is 14.2 Å². The van der Waals surface area contributed by atoms with Crippen LogP contribution in [0, 0.1) is 5.82 Å². The Labute approximate surface area is 165 Å². The number of aromatic carboxylic acids is 1. The van der Waals surface area contributed by atoms with Gasteiger partial charge in [-0.3, -0.25) is 9.36 Å². The molecule has 0 spiro atoms. The van der Waals surface area contributed by atoms with Crippen molar-refractivity contribution >= 4 is 29.0 Å². The molecular weight excluding hydrogens is 371 g/mol. The van der Waals surface area contributed by atoms with Gasteiger partial charge in [0.2, 0.25) is 0 Å². The number of benzene rings is 3. The Morgan fingerprint density at radius 1 is 0.931 bits per heavy atom. The Bertz CT molecular complexity index is 1310. The maximum atomic E-state index is 14.0. The van der Waals surface area contributed by atoms with Gasteiger partial charge in [0.1, 0.15) is 11.6 Å². The molecule has 29 heavy (non-hydrogen) atoms. The van der Waals surface area contributed by atoms with E-state index in [0.29, 0.717) is 28.0 Å². The highest BCUT2D eigenvalue weighted by Gasteiger charge is 2.12. The Morgan fingerprint density at radius 2 is 1.62 bits per heavy atom. The predicted octanol–water partition coefficient (Wildman–Crippen LogP) is 4.39. The summed E-state index contributed by atoms with van der Waals surface area (Å²) in [7, 11) is 0. The van der Waals surface area contributed by atoms with Crippen LogP contribution in [0.4, 0.5) is 4.39 Å². The minimum Gasteiger partial charge on any atom is -0.478 e. The van der Waals surface area contributed by atoms with Crippen LogP contribution in [0.15, 0.2) is 77.6 Å². The number of hydrogen-bond donors (Lipinski definition) is 1. The molecule has 0 atom stereocenters. The lowest BCUT2D eigenvalue weighted by Gasteiger charge is -2.11. The number of hydrogen-bond acceptors (Lipinski definition) is 3. The molecule has 1 N–H and O–H groups in total. The molecule has 0 saturated carbocycles. The molecule has 0 amide bonds. The zero-order valence-electron chi connectivity index (χ0n) is 15.1. The fraction of sp³-hybridized carbons (Fsp3) is 0. The molecule has 3 aromatic carbocycles. The van der Waals surface area contributed by atoms with Crippen molar-refractivity contribution in [3.8, 4) is 5.69 Å². The topological polar surface area (TPSA) is 72.2 Å². The fourth-order valence-corrected chi connectivity index (χ4v) is 3.04. The van der Waals surface area contributed by atoms with Gasteiger partial charge in [-0.15, -0.1) is 0 Å². The molecule has 0 aliphatic rings. The smallest absolute Gasteiger partial charge is 0.335 e. The summed E-state index contributed by atoms with van der Waals surface area (Å²) in [6.07, 6.45) is 3.12. The average Bonchev–Trinajstić information content (AvgIpc) is 2.73. The van der Waals surface area contributed by atoms with E-state index in [0.717, 1.165) is 0 Å². The van der Waals surface area contributed by atoms with Crippen molar-refractivity contribution in [3.63, 3.8) is 0 Å². The van der Waals surface area contributed by atoms with Gasteiger partial charge >= 0.3 is 5.97 Å². The summed E-state index contributed by atoms with van der Waals surface area (Å²) in [6, 6.07) is 19.2.